The molecule has 1 aliphatic rings. The van der Waals surface area contributed by atoms with Crippen molar-refractivity contribution >= 4 is 5.97 Å². The van der Waals surface area contributed by atoms with E-state index < -0.39 is 5.60 Å². The minimum absolute atomic E-state index is 0.132. The molecule has 1 unspecified atom stereocenters. The van der Waals surface area contributed by atoms with E-state index in [2.05, 4.69) is 0 Å². The molecule has 2 rings (SSSR count). The second-order valence-corrected chi connectivity index (χ2v) is 4.12. The Bertz CT molecular complexity index is 427. The smallest absolute Gasteiger partial charge is 0.349 e. The average molecular weight is 222 g/mol. The van der Waals surface area contributed by atoms with Gasteiger partial charge in [-0.15, -0.1) is 0 Å². The Labute approximate surface area is 93.8 Å². The van der Waals surface area contributed by atoms with Crippen molar-refractivity contribution in [2.45, 2.75) is 25.4 Å². The van der Waals surface area contributed by atoms with Gasteiger partial charge in [0, 0.05) is 12.5 Å². The number of aryl methyl sites for hydroxylation is 1. The number of esters is 1. The summed E-state index contributed by atoms with van der Waals surface area (Å²) in [6.07, 6.45) is 1.32. The summed E-state index contributed by atoms with van der Waals surface area (Å²) in [7, 11) is 1.34. The van der Waals surface area contributed by atoms with E-state index in [-0.39, 0.29) is 11.7 Å². The van der Waals surface area contributed by atoms with Crippen LogP contribution in [-0.2, 0) is 16.0 Å². The highest BCUT2D eigenvalue weighted by Gasteiger charge is 2.40. The first-order valence-electron chi connectivity index (χ1n) is 5.14. The predicted octanol–water partition coefficient (Wildman–Crippen LogP) is 1.65. The largest absolute Gasteiger partial charge is 0.508 e. The lowest BCUT2D eigenvalue weighted by molar-refractivity contribution is -0.159. The Morgan fingerprint density at radius 3 is 3.00 bits per heavy atom. The zero-order valence-corrected chi connectivity index (χ0v) is 9.32. The van der Waals surface area contributed by atoms with Crippen molar-refractivity contribution in [1.82, 2.24) is 0 Å². The molecule has 0 bridgehead atoms. The first-order chi connectivity index (χ1) is 7.55. The Kier molecular flexibility index (Phi) is 2.50. The summed E-state index contributed by atoms with van der Waals surface area (Å²) in [5.74, 6) is 0.300. The van der Waals surface area contributed by atoms with Crippen molar-refractivity contribution < 1.29 is 19.4 Å². The molecule has 1 N–H and O–H groups in total. The van der Waals surface area contributed by atoms with Gasteiger partial charge in [-0.2, -0.15) is 0 Å². The number of methoxy groups -OCH3 is 1. The number of aromatic hydroxyl groups is 1. The zero-order valence-electron chi connectivity index (χ0n) is 9.32. The lowest BCUT2D eigenvalue weighted by atomic mass is 9.92. The third-order valence-electron chi connectivity index (χ3n) is 2.87. The van der Waals surface area contributed by atoms with E-state index in [4.69, 9.17) is 9.47 Å². The van der Waals surface area contributed by atoms with Gasteiger partial charge in [-0.05, 0) is 25.0 Å². The standard InChI is InChI=1S/C12H14O4/c1-12(11(14)15-2)6-5-8-3-4-9(13)7-10(8)16-12/h3-4,7,13H,5-6H2,1-2H3. The molecule has 4 nitrogen and oxygen atoms in total. The fourth-order valence-electron chi connectivity index (χ4n) is 1.87. The molecule has 0 fully saturated rings. The molecule has 1 heterocycles. The first kappa shape index (κ1) is 10.8. The highest BCUT2D eigenvalue weighted by Crippen LogP contribution is 2.35. The van der Waals surface area contributed by atoms with Crippen LogP contribution in [0.25, 0.3) is 0 Å². The van der Waals surface area contributed by atoms with Crippen LogP contribution in [-0.4, -0.2) is 23.8 Å². The van der Waals surface area contributed by atoms with Crippen molar-refractivity contribution in [2.24, 2.45) is 0 Å². The highest BCUT2D eigenvalue weighted by molar-refractivity contribution is 5.80. The SMILES string of the molecule is COC(=O)C1(C)CCc2ccc(O)cc2O1. The van der Waals surface area contributed by atoms with Crippen molar-refractivity contribution in [3.63, 3.8) is 0 Å². The van der Waals surface area contributed by atoms with E-state index in [0.717, 1.165) is 12.0 Å². The van der Waals surface area contributed by atoms with Gasteiger partial charge in [0.05, 0.1) is 7.11 Å². The molecular formula is C12H14O4. The molecule has 16 heavy (non-hydrogen) atoms. The normalized spacial score (nSPS) is 23.1. The van der Waals surface area contributed by atoms with E-state index in [1.807, 2.05) is 6.07 Å². The Morgan fingerprint density at radius 2 is 2.31 bits per heavy atom. The van der Waals surface area contributed by atoms with Crippen LogP contribution >= 0.6 is 0 Å². The quantitative estimate of drug-likeness (QED) is 0.734. The number of hydrogen-bond acceptors (Lipinski definition) is 4. The number of carbonyl (C=O) groups is 1. The maximum atomic E-state index is 11.6. The van der Waals surface area contributed by atoms with E-state index in [1.165, 1.54) is 13.2 Å². The molecule has 0 radical (unpaired) electrons. The van der Waals surface area contributed by atoms with Gasteiger partial charge in [0.2, 0.25) is 5.60 Å². The summed E-state index contributed by atoms with van der Waals surface area (Å²) in [5.41, 5.74) is 0.0504. The van der Waals surface area contributed by atoms with Crippen molar-refractivity contribution in [3.05, 3.63) is 23.8 Å². The molecule has 1 atom stereocenters. The van der Waals surface area contributed by atoms with Crippen molar-refractivity contribution in [2.75, 3.05) is 7.11 Å². The number of phenols is 1. The summed E-state index contributed by atoms with van der Waals surface area (Å²) in [5, 5.41) is 9.36. The molecule has 0 saturated heterocycles. The van der Waals surface area contributed by atoms with Gasteiger partial charge >= 0.3 is 5.97 Å². The van der Waals surface area contributed by atoms with Crippen LogP contribution in [0.1, 0.15) is 18.9 Å². The minimum Gasteiger partial charge on any atom is -0.508 e. The number of rotatable bonds is 1. The topological polar surface area (TPSA) is 55.8 Å². The number of phenolic OH excluding ortho intramolecular Hbond substituents is 1. The number of ether oxygens (including phenoxy) is 2. The van der Waals surface area contributed by atoms with E-state index in [9.17, 15) is 9.90 Å². The second kappa shape index (κ2) is 3.70. The minimum atomic E-state index is -0.949. The predicted molar refractivity (Wildman–Crippen MR) is 57.5 cm³/mol. The molecule has 0 spiro atoms. The van der Waals surface area contributed by atoms with Crippen LogP contribution in [0, 0.1) is 0 Å². The lowest BCUT2D eigenvalue weighted by Crippen LogP contribution is -2.45. The third kappa shape index (κ3) is 1.71. The fourth-order valence-corrected chi connectivity index (χ4v) is 1.87. The van der Waals surface area contributed by atoms with Gasteiger partial charge in [-0.1, -0.05) is 6.07 Å². The van der Waals surface area contributed by atoms with E-state index in [1.54, 1.807) is 13.0 Å². The molecule has 86 valence electrons. The van der Waals surface area contributed by atoms with Crippen LogP contribution in [0.15, 0.2) is 18.2 Å². The van der Waals surface area contributed by atoms with Crippen LogP contribution in [0.4, 0.5) is 0 Å². The highest BCUT2D eigenvalue weighted by atomic mass is 16.6. The molecule has 0 saturated carbocycles. The zero-order chi connectivity index (χ0) is 11.8. The summed E-state index contributed by atoms with van der Waals surface area (Å²) >= 11 is 0. The van der Waals surface area contributed by atoms with Crippen LogP contribution in [0.2, 0.25) is 0 Å². The van der Waals surface area contributed by atoms with Gasteiger partial charge in [0.15, 0.2) is 0 Å². The maximum Gasteiger partial charge on any atom is 0.349 e. The first-order valence-corrected chi connectivity index (χ1v) is 5.14. The maximum absolute atomic E-state index is 11.6. The Morgan fingerprint density at radius 1 is 1.56 bits per heavy atom. The van der Waals surface area contributed by atoms with Gasteiger partial charge < -0.3 is 14.6 Å². The summed E-state index contributed by atoms with van der Waals surface area (Å²) in [6.45, 7) is 1.70. The van der Waals surface area contributed by atoms with Gasteiger partial charge in [0.1, 0.15) is 11.5 Å². The van der Waals surface area contributed by atoms with Gasteiger partial charge in [-0.3, -0.25) is 0 Å². The monoisotopic (exact) mass is 222 g/mol. The summed E-state index contributed by atoms with van der Waals surface area (Å²) < 4.78 is 10.3. The van der Waals surface area contributed by atoms with Crippen molar-refractivity contribution in [3.8, 4) is 11.5 Å². The molecule has 1 aliphatic heterocycles. The number of benzene rings is 1. The Balaban J connectivity index is 2.32. The number of carbonyl (C=O) groups excluding carboxylic acids is 1. The third-order valence-corrected chi connectivity index (χ3v) is 2.87. The van der Waals surface area contributed by atoms with Crippen LogP contribution in [0.5, 0.6) is 11.5 Å². The molecular weight excluding hydrogens is 208 g/mol. The van der Waals surface area contributed by atoms with Gasteiger partial charge in [-0.25, -0.2) is 4.79 Å². The van der Waals surface area contributed by atoms with Gasteiger partial charge in [0.25, 0.3) is 0 Å². The number of fused-ring (bicyclic) bond motifs is 1. The summed E-state index contributed by atoms with van der Waals surface area (Å²) in [6, 6.07) is 4.94. The average Bonchev–Trinajstić information content (AvgIpc) is 2.27. The molecule has 0 aromatic heterocycles. The lowest BCUT2D eigenvalue weighted by Gasteiger charge is -2.33. The summed E-state index contributed by atoms with van der Waals surface area (Å²) in [4.78, 5) is 11.6. The molecule has 1 aromatic carbocycles. The number of hydrogen-bond donors (Lipinski definition) is 1. The fraction of sp³-hybridized carbons (Fsp3) is 0.417. The van der Waals surface area contributed by atoms with Crippen molar-refractivity contribution in [1.29, 1.82) is 0 Å². The molecule has 0 aliphatic carbocycles. The van der Waals surface area contributed by atoms with E-state index >= 15 is 0 Å². The van der Waals surface area contributed by atoms with Crippen LogP contribution < -0.4 is 4.74 Å². The molecule has 4 heteroatoms. The van der Waals surface area contributed by atoms with E-state index in [0.29, 0.717) is 12.2 Å². The molecule has 0 amide bonds. The molecule has 1 aromatic rings. The van der Waals surface area contributed by atoms with Crippen LogP contribution in [0.3, 0.4) is 0 Å². The Hall–Kier alpha value is -1.71. The second-order valence-electron chi connectivity index (χ2n) is 4.12.